The minimum absolute atomic E-state index is 0.00336. The van der Waals surface area contributed by atoms with Crippen LogP contribution in [0.25, 0.3) is 0 Å². The van der Waals surface area contributed by atoms with E-state index in [2.05, 4.69) is 15.6 Å². The van der Waals surface area contributed by atoms with Crippen LogP contribution in [0.4, 0.5) is 0 Å². The molecular formula is C12H18N4O3. The van der Waals surface area contributed by atoms with Gasteiger partial charge in [-0.05, 0) is 33.6 Å². The number of carbonyl (C=O) groups is 2. The molecule has 2 N–H and O–H groups in total. The van der Waals surface area contributed by atoms with E-state index in [4.69, 9.17) is 5.11 Å². The van der Waals surface area contributed by atoms with Crippen molar-refractivity contribution >= 4 is 11.9 Å². The van der Waals surface area contributed by atoms with Gasteiger partial charge in [0, 0.05) is 11.5 Å². The van der Waals surface area contributed by atoms with Crippen molar-refractivity contribution in [3.8, 4) is 0 Å². The maximum Gasteiger partial charge on any atom is 0.358 e. The zero-order chi connectivity index (χ0) is 14.2. The number of carboxylic acids is 1. The number of nitrogens with one attached hydrogen (secondary N) is 1. The Kier molecular flexibility index (Phi) is 3.30. The van der Waals surface area contributed by atoms with Crippen LogP contribution in [0, 0.1) is 0 Å². The molecule has 1 aromatic rings. The van der Waals surface area contributed by atoms with Gasteiger partial charge in [0.1, 0.15) is 6.54 Å². The van der Waals surface area contributed by atoms with Crippen LogP contribution in [0.2, 0.25) is 0 Å². The van der Waals surface area contributed by atoms with E-state index >= 15 is 0 Å². The number of amides is 1. The molecule has 1 amide bonds. The van der Waals surface area contributed by atoms with E-state index in [9.17, 15) is 9.59 Å². The molecule has 7 heteroatoms. The standard InChI is InChI=1S/C12H18N4O3/c1-12(2,3)13-8(17)6-16-10(7-4-5-7)9(11(18)19)14-15-16/h7H,4-6H2,1-3H3,(H,13,17)(H,18,19). The molecule has 1 aromatic heterocycles. The SMILES string of the molecule is CC(C)(C)NC(=O)Cn1nnc(C(=O)O)c1C1CC1. The van der Waals surface area contributed by atoms with Crippen LogP contribution >= 0.6 is 0 Å². The summed E-state index contributed by atoms with van der Waals surface area (Å²) < 4.78 is 1.40. The summed E-state index contributed by atoms with van der Waals surface area (Å²) in [7, 11) is 0. The molecule has 1 aliphatic carbocycles. The Hall–Kier alpha value is -1.92. The number of carbonyl (C=O) groups excluding carboxylic acids is 1. The summed E-state index contributed by atoms with van der Waals surface area (Å²) in [6, 6.07) is 0. The Morgan fingerprint density at radius 1 is 1.42 bits per heavy atom. The summed E-state index contributed by atoms with van der Waals surface area (Å²) >= 11 is 0. The van der Waals surface area contributed by atoms with Crippen LogP contribution in [0.15, 0.2) is 0 Å². The van der Waals surface area contributed by atoms with Crippen LogP contribution in [0.3, 0.4) is 0 Å². The van der Waals surface area contributed by atoms with Crippen LogP contribution < -0.4 is 5.32 Å². The Bertz CT molecular complexity index is 512. The molecule has 0 bridgehead atoms. The highest BCUT2D eigenvalue weighted by atomic mass is 16.4. The molecule has 0 radical (unpaired) electrons. The summed E-state index contributed by atoms with van der Waals surface area (Å²) in [5.41, 5.74) is 0.204. The van der Waals surface area contributed by atoms with Gasteiger partial charge >= 0.3 is 5.97 Å². The highest BCUT2D eigenvalue weighted by Crippen LogP contribution is 2.41. The van der Waals surface area contributed by atoms with Crippen LogP contribution in [0.5, 0.6) is 0 Å². The first-order valence-electron chi connectivity index (χ1n) is 6.25. The van der Waals surface area contributed by atoms with Crippen molar-refractivity contribution in [2.45, 2.75) is 51.6 Å². The molecule has 19 heavy (non-hydrogen) atoms. The Balaban J connectivity index is 2.17. The number of aromatic carboxylic acids is 1. The van der Waals surface area contributed by atoms with E-state index in [0.29, 0.717) is 5.69 Å². The fourth-order valence-electron chi connectivity index (χ4n) is 1.94. The van der Waals surface area contributed by atoms with Gasteiger partial charge < -0.3 is 10.4 Å². The van der Waals surface area contributed by atoms with Crippen LogP contribution in [-0.4, -0.2) is 37.5 Å². The normalized spacial score (nSPS) is 15.3. The van der Waals surface area contributed by atoms with Gasteiger partial charge in [-0.15, -0.1) is 5.10 Å². The average Bonchev–Trinajstić information content (AvgIpc) is 2.97. The van der Waals surface area contributed by atoms with Gasteiger partial charge in [0.2, 0.25) is 5.91 Å². The number of carboxylic acid groups (broad SMARTS) is 1. The van der Waals surface area contributed by atoms with Crippen molar-refractivity contribution in [2.24, 2.45) is 0 Å². The van der Waals surface area contributed by atoms with Crippen molar-refractivity contribution in [1.29, 1.82) is 0 Å². The maximum absolute atomic E-state index is 11.9. The third-order valence-electron chi connectivity index (χ3n) is 2.75. The van der Waals surface area contributed by atoms with Gasteiger partial charge in [0.25, 0.3) is 0 Å². The summed E-state index contributed by atoms with van der Waals surface area (Å²) in [5.74, 6) is -1.12. The summed E-state index contributed by atoms with van der Waals surface area (Å²) in [5, 5.41) is 19.3. The maximum atomic E-state index is 11.9. The lowest BCUT2D eigenvalue weighted by Crippen LogP contribution is -2.42. The minimum Gasteiger partial charge on any atom is -0.476 e. The fourth-order valence-corrected chi connectivity index (χ4v) is 1.94. The van der Waals surface area contributed by atoms with Crippen molar-refractivity contribution < 1.29 is 14.7 Å². The predicted molar refractivity (Wildman–Crippen MR) is 66.9 cm³/mol. The molecule has 0 spiro atoms. The highest BCUT2D eigenvalue weighted by molar-refractivity contribution is 5.87. The molecule has 0 unspecified atom stereocenters. The van der Waals surface area contributed by atoms with Gasteiger partial charge in [-0.2, -0.15) is 0 Å². The van der Waals surface area contributed by atoms with Crippen molar-refractivity contribution in [3.05, 3.63) is 11.4 Å². The topological polar surface area (TPSA) is 97.1 Å². The summed E-state index contributed by atoms with van der Waals surface area (Å²) in [4.78, 5) is 22.9. The Labute approximate surface area is 111 Å². The molecular weight excluding hydrogens is 248 g/mol. The van der Waals surface area contributed by atoms with E-state index < -0.39 is 5.97 Å². The quantitative estimate of drug-likeness (QED) is 0.838. The van der Waals surface area contributed by atoms with Gasteiger partial charge in [-0.25, -0.2) is 9.48 Å². The number of rotatable bonds is 4. The minimum atomic E-state index is -1.09. The van der Waals surface area contributed by atoms with Gasteiger partial charge in [-0.1, -0.05) is 5.21 Å². The van der Waals surface area contributed by atoms with Gasteiger partial charge in [-0.3, -0.25) is 4.79 Å². The van der Waals surface area contributed by atoms with Gasteiger partial charge in [0.05, 0.1) is 5.69 Å². The molecule has 1 fully saturated rings. The molecule has 1 heterocycles. The second kappa shape index (κ2) is 4.64. The van der Waals surface area contributed by atoms with Crippen LogP contribution in [-0.2, 0) is 11.3 Å². The zero-order valence-electron chi connectivity index (χ0n) is 11.3. The molecule has 0 aliphatic heterocycles. The number of hydrogen-bond donors (Lipinski definition) is 2. The number of nitrogens with zero attached hydrogens (tertiary/aromatic N) is 3. The first-order valence-corrected chi connectivity index (χ1v) is 6.25. The summed E-state index contributed by atoms with van der Waals surface area (Å²) in [6.07, 6.45) is 1.85. The second-order valence-electron chi connectivity index (χ2n) is 5.86. The van der Waals surface area contributed by atoms with E-state index in [1.54, 1.807) is 0 Å². The molecule has 7 nitrogen and oxygen atoms in total. The molecule has 0 aromatic carbocycles. The van der Waals surface area contributed by atoms with Crippen molar-refractivity contribution in [2.75, 3.05) is 0 Å². The zero-order valence-corrected chi connectivity index (χ0v) is 11.3. The molecule has 0 atom stereocenters. The first-order chi connectivity index (χ1) is 8.78. The third kappa shape index (κ3) is 3.30. The Morgan fingerprint density at radius 3 is 2.53 bits per heavy atom. The molecule has 2 rings (SSSR count). The van der Waals surface area contributed by atoms with E-state index in [-0.39, 0.29) is 29.6 Å². The molecule has 1 saturated carbocycles. The fraction of sp³-hybridized carbons (Fsp3) is 0.667. The van der Waals surface area contributed by atoms with Crippen molar-refractivity contribution in [1.82, 2.24) is 20.3 Å². The first kappa shape index (κ1) is 13.5. The number of aromatic nitrogens is 3. The lowest BCUT2D eigenvalue weighted by atomic mass is 10.1. The van der Waals surface area contributed by atoms with E-state index in [1.165, 1.54) is 4.68 Å². The van der Waals surface area contributed by atoms with Crippen molar-refractivity contribution in [3.63, 3.8) is 0 Å². The molecule has 1 aliphatic rings. The van der Waals surface area contributed by atoms with Crippen LogP contribution in [0.1, 0.15) is 55.7 Å². The number of hydrogen-bond acceptors (Lipinski definition) is 4. The molecule has 0 saturated heterocycles. The second-order valence-corrected chi connectivity index (χ2v) is 5.86. The monoisotopic (exact) mass is 266 g/mol. The summed E-state index contributed by atoms with van der Waals surface area (Å²) in [6.45, 7) is 5.66. The van der Waals surface area contributed by atoms with E-state index in [1.807, 2.05) is 20.8 Å². The third-order valence-corrected chi connectivity index (χ3v) is 2.75. The Morgan fingerprint density at radius 2 is 2.05 bits per heavy atom. The van der Waals surface area contributed by atoms with E-state index in [0.717, 1.165) is 12.8 Å². The highest BCUT2D eigenvalue weighted by Gasteiger charge is 2.34. The lowest BCUT2D eigenvalue weighted by Gasteiger charge is -2.20. The average molecular weight is 266 g/mol. The smallest absolute Gasteiger partial charge is 0.358 e. The molecule has 104 valence electrons. The lowest BCUT2D eigenvalue weighted by molar-refractivity contribution is -0.123. The largest absolute Gasteiger partial charge is 0.476 e. The predicted octanol–water partition coefficient (Wildman–Crippen LogP) is 0.768. The van der Waals surface area contributed by atoms with Gasteiger partial charge in [0.15, 0.2) is 5.69 Å².